The van der Waals surface area contributed by atoms with Gasteiger partial charge in [0.2, 0.25) is 0 Å². The summed E-state index contributed by atoms with van der Waals surface area (Å²) in [4.78, 5) is 0. The molecular weight excluding hydrogens is 186 g/mol. The minimum absolute atomic E-state index is 0.780. The SMILES string of the molecule is Cc1coc2cc(CCCCN)ccc12. The first-order chi connectivity index (χ1) is 7.31. The molecule has 15 heavy (non-hydrogen) atoms. The number of rotatable bonds is 4. The van der Waals surface area contributed by atoms with E-state index in [4.69, 9.17) is 10.2 Å². The molecule has 0 bridgehead atoms. The van der Waals surface area contributed by atoms with E-state index in [-0.39, 0.29) is 0 Å². The average Bonchev–Trinajstić information content (AvgIpc) is 2.61. The number of hydrogen-bond donors (Lipinski definition) is 1. The number of unbranched alkanes of at least 4 members (excludes halogenated alkanes) is 1. The molecule has 2 N–H and O–H groups in total. The molecule has 1 aromatic carbocycles. The fourth-order valence-corrected chi connectivity index (χ4v) is 1.83. The summed E-state index contributed by atoms with van der Waals surface area (Å²) < 4.78 is 5.47. The van der Waals surface area contributed by atoms with Crippen molar-refractivity contribution >= 4 is 11.0 Å². The van der Waals surface area contributed by atoms with E-state index in [1.807, 2.05) is 6.26 Å². The maximum Gasteiger partial charge on any atom is 0.134 e. The molecule has 0 amide bonds. The van der Waals surface area contributed by atoms with Gasteiger partial charge in [-0.2, -0.15) is 0 Å². The third kappa shape index (κ3) is 2.21. The molecule has 0 unspecified atom stereocenters. The number of furan rings is 1. The zero-order valence-electron chi connectivity index (χ0n) is 9.12. The van der Waals surface area contributed by atoms with Gasteiger partial charge < -0.3 is 10.2 Å². The maximum absolute atomic E-state index is 5.47. The normalized spacial score (nSPS) is 11.1. The lowest BCUT2D eigenvalue weighted by Gasteiger charge is -2.00. The molecule has 2 nitrogen and oxygen atoms in total. The standard InChI is InChI=1S/C13H17NO/c1-10-9-15-13-8-11(4-2-3-7-14)5-6-12(10)13/h5-6,8-9H,2-4,7,14H2,1H3. The van der Waals surface area contributed by atoms with Crippen LogP contribution in [0.1, 0.15) is 24.0 Å². The highest BCUT2D eigenvalue weighted by Crippen LogP contribution is 2.22. The van der Waals surface area contributed by atoms with Gasteiger partial charge in [-0.1, -0.05) is 12.1 Å². The molecule has 0 spiro atoms. The van der Waals surface area contributed by atoms with Crippen LogP contribution in [-0.4, -0.2) is 6.54 Å². The quantitative estimate of drug-likeness (QED) is 0.776. The number of aryl methyl sites for hydroxylation is 2. The first-order valence-corrected chi connectivity index (χ1v) is 5.48. The second-order valence-electron chi connectivity index (χ2n) is 4.00. The lowest BCUT2D eigenvalue weighted by Crippen LogP contribution is -1.98. The van der Waals surface area contributed by atoms with Crippen molar-refractivity contribution in [2.75, 3.05) is 6.54 Å². The fraction of sp³-hybridized carbons (Fsp3) is 0.385. The molecule has 0 aliphatic carbocycles. The molecule has 0 aliphatic heterocycles. The van der Waals surface area contributed by atoms with E-state index in [0.717, 1.165) is 31.4 Å². The van der Waals surface area contributed by atoms with Crippen LogP contribution in [0, 0.1) is 6.92 Å². The summed E-state index contributed by atoms with van der Waals surface area (Å²) in [6.45, 7) is 2.85. The van der Waals surface area contributed by atoms with Gasteiger partial charge >= 0.3 is 0 Å². The fourth-order valence-electron chi connectivity index (χ4n) is 1.83. The summed E-state index contributed by atoms with van der Waals surface area (Å²) >= 11 is 0. The first kappa shape index (κ1) is 10.2. The number of fused-ring (bicyclic) bond motifs is 1. The van der Waals surface area contributed by atoms with Crippen molar-refractivity contribution in [1.29, 1.82) is 0 Å². The molecule has 0 atom stereocenters. The lowest BCUT2D eigenvalue weighted by molar-refractivity contribution is 0.612. The second-order valence-corrected chi connectivity index (χ2v) is 4.00. The van der Waals surface area contributed by atoms with Gasteiger partial charge in [-0.25, -0.2) is 0 Å². The average molecular weight is 203 g/mol. The van der Waals surface area contributed by atoms with Gasteiger partial charge in [0.15, 0.2) is 0 Å². The molecule has 80 valence electrons. The molecule has 1 heterocycles. The summed E-state index contributed by atoms with van der Waals surface area (Å²) in [5.74, 6) is 0. The molecule has 2 aromatic rings. The highest BCUT2D eigenvalue weighted by molar-refractivity contribution is 5.81. The van der Waals surface area contributed by atoms with Gasteiger partial charge in [-0.3, -0.25) is 0 Å². The zero-order chi connectivity index (χ0) is 10.7. The number of benzene rings is 1. The molecule has 2 heteroatoms. The minimum Gasteiger partial charge on any atom is -0.464 e. The summed E-state index contributed by atoms with van der Waals surface area (Å²) in [6.07, 6.45) is 5.15. The zero-order valence-corrected chi connectivity index (χ0v) is 9.12. The Morgan fingerprint density at radius 3 is 2.93 bits per heavy atom. The predicted molar refractivity (Wildman–Crippen MR) is 62.9 cm³/mol. The Hall–Kier alpha value is -1.28. The molecule has 2 rings (SSSR count). The van der Waals surface area contributed by atoms with E-state index in [0.29, 0.717) is 0 Å². The molecular formula is C13H17NO. The van der Waals surface area contributed by atoms with E-state index in [1.54, 1.807) is 0 Å². The Kier molecular flexibility index (Phi) is 3.07. The van der Waals surface area contributed by atoms with Crippen LogP contribution < -0.4 is 5.73 Å². The maximum atomic E-state index is 5.47. The van der Waals surface area contributed by atoms with Crippen LogP contribution in [0.15, 0.2) is 28.9 Å². The Labute approximate surface area is 90.1 Å². The predicted octanol–water partition coefficient (Wildman–Crippen LogP) is 3.02. The number of hydrogen-bond acceptors (Lipinski definition) is 2. The van der Waals surface area contributed by atoms with E-state index >= 15 is 0 Å². The third-order valence-electron chi connectivity index (χ3n) is 2.75. The number of nitrogens with two attached hydrogens (primary N) is 1. The largest absolute Gasteiger partial charge is 0.464 e. The van der Waals surface area contributed by atoms with Gasteiger partial charge in [0.05, 0.1) is 6.26 Å². The minimum atomic E-state index is 0.780. The van der Waals surface area contributed by atoms with Gasteiger partial charge in [0.1, 0.15) is 5.58 Å². The second kappa shape index (κ2) is 4.49. The molecule has 0 aliphatic rings. The molecule has 0 saturated heterocycles. The van der Waals surface area contributed by atoms with Crippen LogP contribution in [0.5, 0.6) is 0 Å². The van der Waals surface area contributed by atoms with Crippen molar-refractivity contribution < 1.29 is 4.42 Å². The molecule has 0 saturated carbocycles. The summed E-state index contributed by atoms with van der Waals surface area (Å²) in [6, 6.07) is 6.46. The van der Waals surface area contributed by atoms with Crippen LogP contribution in [0.2, 0.25) is 0 Å². The van der Waals surface area contributed by atoms with E-state index in [2.05, 4.69) is 25.1 Å². The molecule has 1 aromatic heterocycles. The van der Waals surface area contributed by atoms with Crippen molar-refractivity contribution in [2.45, 2.75) is 26.2 Å². The third-order valence-corrected chi connectivity index (χ3v) is 2.75. The van der Waals surface area contributed by atoms with Crippen molar-refractivity contribution in [1.82, 2.24) is 0 Å². The Morgan fingerprint density at radius 1 is 1.27 bits per heavy atom. The van der Waals surface area contributed by atoms with Gasteiger partial charge in [-0.15, -0.1) is 0 Å². The van der Waals surface area contributed by atoms with Crippen LogP contribution >= 0.6 is 0 Å². The Morgan fingerprint density at radius 2 is 2.13 bits per heavy atom. The highest BCUT2D eigenvalue weighted by atomic mass is 16.3. The topological polar surface area (TPSA) is 39.2 Å². The van der Waals surface area contributed by atoms with Crippen LogP contribution in [0.4, 0.5) is 0 Å². The lowest BCUT2D eigenvalue weighted by atomic mass is 10.1. The van der Waals surface area contributed by atoms with Crippen molar-refractivity contribution in [3.63, 3.8) is 0 Å². The first-order valence-electron chi connectivity index (χ1n) is 5.48. The summed E-state index contributed by atoms with van der Waals surface area (Å²) in [5.41, 5.74) is 9.01. The van der Waals surface area contributed by atoms with Crippen LogP contribution in [0.25, 0.3) is 11.0 Å². The van der Waals surface area contributed by atoms with Crippen molar-refractivity contribution in [2.24, 2.45) is 5.73 Å². The summed E-state index contributed by atoms with van der Waals surface area (Å²) in [5, 5.41) is 1.22. The Balaban J connectivity index is 2.16. The van der Waals surface area contributed by atoms with Gasteiger partial charge in [0, 0.05) is 5.39 Å². The van der Waals surface area contributed by atoms with Gasteiger partial charge in [0.25, 0.3) is 0 Å². The van der Waals surface area contributed by atoms with Gasteiger partial charge in [-0.05, 0) is 49.9 Å². The molecule has 0 fully saturated rings. The monoisotopic (exact) mass is 203 g/mol. The highest BCUT2D eigenvalue weighted by Gasteiger charge is 2.02. The van der Waals surface area contributed by atoms with E-state index < -0.39 is 0 Å². The van der Waals surface area contributed by atoms with Crippen molar-refractivity contribution in [3.05, 3.63) is 35.6 Å². The van der Waals surface area contributed by atoms with Crippen LogP contribution in [-0.2, 0) is 6.42 Å². The smallest absolute Gasteiger partial charge is 0.134 e. The van der Waals surface area contributed by atoms with Crippen molar-refractivity contribution in [3.8, 4) is 0 Å². The van der Waals surface area contributed by atoms with E-state index in [1.165, 1.54) is 16.5 Å². The van der Waals surface area contributed by atoms with E-state index in [9.17, 15) is 0 Å². The molecule has 0 radical (unpaired) electrons. The van der Waals surface area contributed by atoms with Crippen LogP contribution in [0.3, 0.4) is 0 Å². The summed E-state index contributed by atoms with van der Waals surface area (Å²) in [7, 11) is 0. The Bertz CT molecular complexity index is 445.